The highest BCUT2D eigenvalue weighted by atomic mass is 16.6. The van der Waals surface area contributed by atoms with Gasteiger partial charge in [0.15, 0.2) is 0 Å². The molecule has 1 heterocycles. The number of ether oxygens (including phenoxy) is 2. The third-order valence-corrected chi connectivity index (χ3v) is 3.01. The molecule has 1 atom stereocenters. The van der Waals surface area contributed by atoms with E-state index in [1.165, 1.54) is 0 Å². The van der Waals surface area contributed by atoms with Gasteiger partial charge in [-0.25, -0.2) is 0 Å². The van der Waals surface area contributed by atoms with Crippen LogP contribution in [0.25, 0.3) is 5.57 Å². The number of hydrogen-bond acceptors (Lipinski definition) is 4. The fourth-order valence-corrected chi connectivity index (χ4v) is 2.13. The van der Waals surface area contributed by atoms with E-state index in [-0.39, 0.29) is 6.10 Å². The van der Waals surface area contributed by atoms with E-state index in [1.807, 2.05) is 37.3 Å². The Morgan fingerprint density at radius 2 is 2.30 bits per heavy atom. The zero-order valence-corrected chi connectivity index (χ0v) is 11.8. The topological polar surface area (TPSA) is 40.0 Å². The number of nitrogens with zero attached hydrogens (tertiary/aromatic N) is 1. The zero-order chi connectivity index (χ0) is 14.2. The summed E-state index contributed by atoms with van der Waals surface area (Å²) in [6.45, 7) is 2.24. The van der Waals surface area contributed by atoms with Gasteiger partial charge in [-0.15, -0.1) is 0 Å². The molecule has 0 bridgehead atoms. The maximum absolute atomic E-state index is 5.60. The minimum absolute atomic E-state index is 0.00854. The molecular weight excluding hydrogens is 254 g/mol. The molecule has 20 heavy (non-hydrogen) atoms. The lowest BCUT2D eigenvalue weighted by Gasteiger charge is -2.17. The summed E-state index contributed by atoms with van der Waals surface area (Å²) in [5.41, 5.74) is 3.13. The van der Waals surface area contributed by atoms with Gasteiger partial charge in [-0.1, -0.05) is 29.4 Å². The van der Waals surface area contributed by atoms with Gasteiger partial charge < -0.3 is 14.3 Å². The number of methoxy groups -OCH3 is 1. The lowest BCUT2D eigenvalue weighted by atomic mass is 9.96. The molecule has 1 unspecified atom stereocenters. The third-order valence-electron chi connectivity index (χ3n) is 3.01. The predicted octanol–water partition coefficient (Wildman–Crippen LogP) is 3.50. The van der Waals surface area contributed by atoms with E-state index < -0.39 is 0 Å². The summed E-state index contributed by atoms with van der Waals surface area (Å²) in [5, 5.41) is 3.79. The highest BCUT2D eigenvalue weighted by Crippen LogP contribution is 2.29. The first-order valence-electron chi connectivity index (χ1n) is 6.58. The van der Waals surface area contributed by atoms with Crippen molar-refractivity contribution in [1.82, 2.24) is 0 Å². The molecule has 0 aliphatic carbocycles. The van der Waals surface area contributed by atoms with Crippen LogP contribution in [-0.2, 0) is 20.9 Å². The molecule has 0 aromatic heterocycles. The fraction of sp³-hybridized carbons (Fsp3) is 0.312. The van der Waals surface area contributed by atoms with Crippen LogP contribution in [-0.4, -0.2) is 19.4 Å². The van der Waals surface area contributed by atoms with Gasteiger partial charge in [-0.3, -0.25) is 0 Å². The second-order valence-electron chi connectivity index (χ2n) is 4.34. The van der Waals surface area contributed by atoms with Crippen molar-refractivity contribution in [2.75, 3.05) is 7.11 Å². The maximum Gasteiger partial charge on any atom is 0.142 e. The first kappa shape index (κ1) is 14.2. The van der Waals surface area contributed by atoms with Crippen LogP contribution < -0.4 is 0 Å². The van der Waals surface area contributed by atoms with Gasteiger partial charge in [0.1, 0.15) is 12.7 Å². The molecule has 106 valence electrons. The van der Waals surface area contributed by atoms with Crippen molar-refractivity contribution < 1.29 is 14.3 Å². The number of hydrogen-bond donors (Lipinski definition) is 0. The van der Waals surface area contributed by atoms with E-state index in [4.69, 9.17) is 14.3 Å². The van der Waals surface area contributed by atoms with Crippen LogP contribution in [0.5, 0.6) is 0 Å². The van der Waals surface area contributed by atoms with Crippen LogP contribution in [0.1, 0.15) is 24.5 Å². The van der Waals surface area contributed by atoms with Crippen LogP contribution in [0.2, 0.25) is 0 Å². The van der Waals surface area contributed by atoms with E-state index in [1.54, 1.807) is 25.8 Å². The Hall–Kier alpha value is -2.23. The average Bonchev–Trinajstić information content (AvgIpc) is 3.00. The third kappa shape index (κ3) is 3.41. The summed E-state index contributed by atoms with van der Waals surface area (Å²) in [7, 11) is 1.64. The van der Waals surface area contributed by atoms with Crippen LogP contribution in [0.15, 0.2) is 48.0 Å². The molecule has 0 amide bonds. The molecule has 1 aromatic carbocycles. The molecule has 1 aromatic rings. The molecule has 0 N–H and O–H groups in total. The number of oxime groups is 1. The van der Waals surface area contributed by atoms with Gasteiger partial charge in [0.05, 0.1) is 19.6 Å². The average molecular weight is 273 g/mol. The van der Waals surface area contributed by atoms with Crippen molar-refractivity contribution in [1.29, 1.82) is 0 Å². The lowest BCUT2D eigenvalue weighted by molar-refractivity contribution is 0.131. The summed E-state index contributed by atoms with van der Waals surface area (Å²) in [6, 6.07) is 8.04. The molecule has 1 aliphatic heterocycles. The predicted molar refractivity (Wildman–Crippen MR) is 79.0 cm³/mol. The minimum Gasteiger partial charge on any atom is -0.504 e. The molecule has 4 heteroatoms. The van der Waals surface area contributed by atoms with Gasteiger partial charge in [-0.2, -0.15) is 0 Å². The second-order valence-corrected chi connectivity index (χ2v) is 4.34. The van der Waals surface area contributed by atoms with Crippen molar-refractivity contribution in [3.63, 3.8) is 0 Å². The summed E-state index contributed by atoms with van der Waals surface area (Å²) in [6.07, 6.45) is 7.93. The van der Waals surface area contributed by atoms with E-state index in [9.17, 15) is 0 Å². The summed E-state index contributed by atoms with van der Waals surface area (Å²) in [4.78, 5) is 5.25. The molecule has 0 radical (unpaired) electrons. The van der Waals surface area contributed by atoms with Crippen molar-refractivity contribution in [3.8, 4) is 0 Å². The van der Waals surface area contributed by atoms with Crippen molar-refractivity contribution >= 4 is 11.8 Å². The molecule has 2 rings (SSSR count). The molecule has 0 spiro atoms. The van der Waals surface area contributed by atoms with E-state index in [0.717, 1.165) is 23.1 Å². The van der Waals surface area contributed by atoms with E-state index in [2.05, 4.69) is 5.16 Å². The van der Waals surface area contributed by atoms with Gasteiger partial charge in [-0.05, 0) is 24.1 Å². The van der Waals surface area contributed by atoms with Crippen LogP contribution in [0.4, 0.5) is 0 Å². The number of rotatable bonds is 6. The van der Waals surface area contributed by atoms with E-state index in [0.29, 0.717) is 6.61 Å². The Morgan fingerprint density at radius 1 is 1.45 bits per heavy atom. The van der Waals surface area contributed by atoms with Gasteiger partial charge >= 0.3 is 0 Å². The molecular formula is C16H19NO3. The Balaban J connectivity index is 2.25. The minimum atomic E-state index is -0.00854. The smallest absolute Gasteiger partial charge is 0.142 e. The second kappa shape index (κ2) is 7.38. The Bertz CT molecular complexity index is 512. The summed E-state index contributed by atoms with van der Waals surface area (Å²) in [5.74, 6) is 0. The highest BCUT2D eigenvalue weighted by Gasteiger charge is 2.21. The molecule has 4 nitrogen and oxygen atoms in total. The largest absolute Gasteiger partial charge is 0.504 e. The normalized spacial score (nSPS) is 18.3. The first-order valence-corrected chi connectivity index (χ1v) is 6.58. The molecule has 1 aliphatic rings. The molecule has 0 saturated carbocycles. The Morgan fingerprint density at radius 3 is 3.00 bits per heavy atom. The zero-order valence-electron chi connectivity index (χ0n) is 11.8. The SMILES string of the molecule is C/C=N\OCc1ccccc1/C(=C\OC)C1CC=CO1. The lowest BCUT2D eigenvalue weighted by Crippen LogP contribution is -2.10. The quantitative estimate of drug-likeness (QED) is 0.452. The molecule has 0 saturated heterocycles. The monoisotopic (exact) mass is 273 g/mol. The van der Waals surface area contributed by atoms with Crippen LogP contribution >= 0.6 is 0 Å². The maximum atomic E-state index is 5.60. The van der Waals surface area contributed by atoms with Gasteiger partial charge in [0, 0.05) is 18.2 Å². The summed E-state index contributed by atoms with van der Waals surface area (Å²) < 4.78 is 10.8. The first-order chi connectivity index (χ1) is 9.86. The van der Waals surface area contributed by atoms with Crippen molar-refractivity contribution in [3.05, 3.63) is 54.0 Å². The standard InChI is InChI=1S/C16H19NO3/c1-3-17-20-11-13-7-4-5-8-14(13)15(12-18-2)16-9-6-10-19-16/h3-8,10,12,16H,9,11H2,1-2H3/b15-12+,17-3-. The van der Waals surface area contributed by atoms with Gasteiger partial charge in [0.2, 0.25) is 0 Å². The molecule has 0 fully saturated rings. The van der Waals surface area contributed by atoms with Crippen molar-refractivity contribution in [2.24, 2.45) is 5.16 Å². The number of benzene rings is 1. The van der Waals surface area contributed by atoms with Crippen molar-refractivity contribution in [2.45, 2.75) is 26.1 Å². The van der Waals surface area contributed by atoms with Crippen LogP contribution in [0, 0.1) is 0 Å². The Kier molecular flexibility index (Phi) is 5.24. The van der Waals surface area contributed by atoms with Crippen LogP contribution in [0.3, 0.4) is 0 Å². The fourth-order valence-electron chi connectivity index (χ4n) is 2.13. The highest BCUT2D eigenvalue weighted by molar-refractivity contribution is 5.71. The van der Waals surface area contributed by atoms with Gasteiger partial charge in [0.25, 0.3) is 0 Å². The summed E-state index contributed by atoms with van der Waals surface area (Å²) >= 11 is 0. The van der Waals surface area contributed by atoms with E-state index >= 15 is 0 Å². The Labute approximate surface area is 119 Å².